The van der Waals surface area contributed by atoms with E-state index in [0.717, 1.165) is 25.0 Å². The van der Waals surface area contributed by atoms with Crippen molar-refractivity contribution >= 4 is 11.8 Å². The molecule has 100 valence electrons. The first-order valence-electron chi connectivity index (χ1n) is 5.54. The van der Waals surface area contributed by atoms with Crippen LogP contribution in [0.4, 0.5) is 23.7 Å². The summed E-state index contributed by atoms with van der Waals surface area (Å²) in [7, 11) is 0. The first kappa shape index (κ1) is 14.3. The molecule has 0 aliphatic heterocycles. The molecule has 0 atom stereocenters. The maximum atomic E-state index is 12.3. The average Bonchev–Trinajstić information content (AvgIpc) is 2.29. The summed E-state index contributed by atoms with van der Waals surface area (Å²) in [6.45, 7) is 2.25. The number of anilines is 1. The number of ether oxygens (including phenoxy) is 1. The van der Waals surface area contributed by atoms with E-state index in [0.29, 0.717) is 6.61 Å². The average molecular weight is 261 g/mol. The molecule has 0 saturated carbocycles. The lowest BCUT2D eigenvalue weighted by Crippen LogP contribution is -2.14. The van der Waals surface area contributed by atoms with Gasteiger partial charge in [-0.1, -0.05) is 13.3 Å². The number of nitrogens with one attached hydrogen (secondary N) is 1. The van der Waals surface area contributed by atoms with Gasteiger partial charge < -0.3 is 4.74 Å². The molecule has 0 radical (unpaired) electrons. The van der Waals surface area contributed by atoms with Gasteiger partial charge >= 0.3 is 12.3 Å². The second kappa shape index (κ2) is 6.28. The Kier molecular flexibility index (Phi) is 5.00. The van der Waals surface area contributed by atoms with Crippen LogP contribution in [0.2, 0.25) is 0 Å². The predicted molar refractivity (Wildman–Crippen MR) is 61.3 cm³/mol. The van der Waals surface area contributed by atoms with Crippen LogP contribution in [-0.4, -0.2) is 12.7 Å². The van der Waals surface area contributed by atoms with Crippen molar-refractivity contribution in [3.63, 3.8) is 0 Å². The molecule has 1 aromatic carbocycles. The number of alkyl halides is 3. The van der Waals surface area contributed by atoms with E-state index >= 15 is 0 Å². The number of amides is 1. The van der Waals surface area contributed by atoms with Gasteiger partial charge in [0.05, 0.1) is 12.2 Å². The van der Waals surface area contributed by atoms with Crippen molar-refractivity contribution < 1.29 is 22.7 Å². The molecule has 0 aromatic heterocycles. The third kappa shape index (κ3) is 4.65. The standard InChI is InChI=1S/C12H14F3NO2/c1-2-3-8-18-11(17)16-10-6-4-9(5-7-10)12(13,14)15/h4-7H,2-3,8H2,1H3,(H,16,17). The summed E-state index contributed by atoms with van der Waals surface area (Å²) in [6, 6.07) is 4.18. The van der Waals surface area contributed by atoms with Crippen molar-refractivity contribution in [2.45, 2.75) is 25.9 Å². The number of carbonyl (C=O) groups excluding carboxylic acids is 1. The Bertz CT molecular complexity index is 387. The van der Waals surface area contributed by atoms with Crippen molar-refractivity contribution in [3.05, 3.63) is 29.8 Å². The van der Waals surface area contributed by atoms with Crippen LogP contribution in [0.1, 0.15) is 25.3 Å². The molecule has 0 spiro atoms. The van der Waals surface area contributed by atoms with Crippen LogP contribution < -0.4 is 5.32 Å². The van der Waals surface area contributed by atoms with Gasteiger partial charge in [0.25, 0.3) is 0 Å². The lowest BCUT2D eigenvalue weighted by Gasteiger charge is -2.09. The summed E-state index contributed by atoms with van der Waals surface area (Å²) in [6.07, 6.45) is -3.39. The minimum atomic E-state index is -4.37. The first-order chi connectivity index (χ1) is 8.43. The summed E-state index contributed by atoms with van der Waals surface area (Å²) in [4.78, 5) is 11.2. The molecule has 0 aliphatic carbocycles. The molecule has 6 heteroatoms. The molecular formula is C12H14F3NO2. The molecule has 3 nitrogen and oxygen atoms in total. The van der Waals surface area contributed by atoms with Gasteiger partial charge in [-0.3, -0.25) is 5.32 Å². The number of carbonyl (C=O) groups is 1. The fraction of sp³-hybridized carbons (Fsp3) is 0.417. The van der Waals surface area contributed by atoms with Gasteiger partial charge in [-0.2, -0.15) is 13.2 Å². The Hall–Kier alpha value is -1.72. The van der Waals surface area contributed by atoms with E-state index in [4.69, 9.17) is 4.74 Å². The highest BCUT2D eigenvalue weighted by Gasteiger charge is 2.29. The first-order valence-corrected chi connectivity index (χ1v) is 5.54. The molecule has 0 saturated heterocycles. The Morgan fingerprint density at radius 2 is 1.89 bits per heavy atom. The Morgan fingerprint density at radius 3 is 2.39 bits per heavy atom. The van der Waals surface area contributed by atoms with E-state index < -0.39 is 17.8 Å². The maximum Gasteiger partial charge on any atom is 0.416 e. The SMILES string of the molecule is CCCCOC(=O)Nc1ccc(C(F)(F)F)cc1. The van der Waals surface area contributed by atoms with E-state index in [1.165, 1.54) is 12.1 Å². The van der Waals surface area contributed by atoms with Crippen molar-refractivity contribution in [2.75, 3.05) is 11.9 Å². The molecule has 0 heterocycles. The van der Waals surface area contributed by atoms with Crippen LogP contribution in [0.3, 0.4) is 0 Å². The number of hydrogen-bond donors (Lipinski definition) is 1. The van der Waals surface area contributed by atoms with E-state index in [1.807, 2.05) is 6.92 Å². The Balaban J connectivity index is 2.51. The van der Waals surface area contributed by atoms with Gasteiger partial charge in [-0.25, -0.2) is 4.79 Å². The van der Waals surface area contributed by atoms with Crippen LogP contribution in [0.25, 0.3) is 0 Å². The van der Waals surface area contributed by atoms with Gasteiger partial charge in [0.2, 0.25) is 0 Å². The van der Waals surface area contributed by atoms with Crippen LogP contribution in [0.5, 0.6) is 0 Å². The van der Waals surface area contributed by atoms with Crippen molar-refractivity contribution in [3.8, 4) is 0 Å². The zero-order valence-corrected chi connectivity index (χ0v) is 9.88. The fourth-order valence-electron chi connectivity index (χ4n) is 1.21. The number of rotatable bonds is 4. The second-order valence-corrected chi connectivity index (χ2v) is 3.69. The monoisotopic (exact) mass is 261 g/mol. The summed E-state index contributed by atoms with van der Waals surface area (Å²) in [5.41, 5.74) is -0.489. The second-order valence-electron chi connectivity index (χ2n) is 3.69. The molecule has 0 unspecified atom stereocenters. The molecular weight excluding hydrogens is 247 g/mol. The van der Waals surface area contributed by atoms with Crippen LogP contribution in [0, 0.1) is 0 Å². The van der Waals surface area contributed by atoms with E-state index in [9.17, 15) is 18.0 Å². The van der Waals surface area contributed by atoms with Crippen molar-refractivity contribution in [1.82, 2.24) is 0 Å². The minimum absolute atomic E-state index is 0.268. The van der Waals surface area contributed by atoms with E-state index in [1.54, 1.807) is 0 Å². The molecule has 1 N–H and O–H groups in total. The highest BCUT2D eigenvalue weighted by Crippen LogP contribution is 2.29. The highest BCUT2D eigenvalue weighted by molar-refractivity contribution is 5.84. The molecule has 18 heavy (non-hydrogen) atoms. The minimum Gasteiger partial charge on any atom is -0.449 e. The molecule has 1 amide bonds. The number of halogens is 3. The molecule has 1 aromatic rings. The normalized spacial score (nSPS) is 11.1. The van der Waals surface area contributed by atoms with Crippen LogP contribution in [0.15, 0.2) is 24.3 Å². The van der Waals surface area contributed by atoms with Gasteiger partial charge in [0, 0.05) is 5.69 Å². The molecule has 0 fully saturated rings. The molecule has 0 bridgehead atoms. The Morgan fingerprint density at radius 1 is 1.28 bits per heavy atom. The van der Waals surface area contributed by atoms with Gasteiger partial charge in [-0.05, 0) is 30.7 Å². The predicted octanol–water partition coefficient (Wildman–Crippen LogP) is 4.05. The number of unbranched alkanes of at least 4 members (excludes halogenated alkanes) is 1. The van der Waals surface area contributed by atoms with Crippen molar-refractivity contribution in [2.24, 2.45) is 0 Å². The van der Waals surface area contributed by atoms with Gasteiger partial charge in [0.15, 0.2) is 0 Å². The zero-order valence-electron chi connectivity index (χ0n) is 9.88. The van der Waals surface area contributed by atoms with E-state index in [2.05, 4.69) is 5.32 Å². The summed E-state index contributed by atoms with van der Waals surface area (Å²) in [5.74, 6) is 0. The zero-order chi connectivity index (χ0) is 13.6. The summed E-state index contributed by atoms with van der Waals surface area (Å²) in [5, 5.41) is 2.35. The smallest absolute Gasteiger partial charge is 0.416 e. The van der Waals surface area contributed by atoms with E-state index in [-0.39, 0.29) is 5.69 Å². The summed E-state index contributed by atoms with van der Waals surface area (Å²) >= 11 is 0. The summed E-state index contributed by atoms with van der Waals surface area (Å²) < 4.78 is 41.6. The van der Waals surface area contributed by atoms with Crippen molar-refractivity contribution in [1.29, 1.82) is 0 Å². The van der Waals surface area contributed by atoms with Gasteiger partial charge in [-0.15, -0.1) is 0 Å². The third-order valence-electron chi connectivity index (χ3n) is 2.19. The Labute approximate surface area is 103 Å². The quantitative estimate of drug-likeness (QED) is 0.830. The number of benzene rings is 1. The van der Waals surface area contributed by atoms with Crippen LogP contribution >= 0.6 is 0 Å². The van der Waals surface area contributed by atoms with Crippen LogP contribution in [-0.2, 0) is 10.9 Å². The molecule has 0 aliphatic rings. The fourth-order valence-corrected chi connectivity index (χ4v) is 1.21. The highest BCUT2D eigenvalue weighted by atomic mass is 19.4. The van der Waals surface area contributed by atoms with Gasteiger partial charge in [0.1, 0.15) is 0 Å². The maximum absolute atomic E-state index is 12.3. The largest absolute Gasteiger partial charge is 0.449 e. The molecule has 1 rings (SSSR count). The topological polar surface area (TPSA) is 38.3 Å². The lowest BCUT2D eigenvalue weighted by molar-refractivity contribution is -0.137. The third-order valence-corrected chi connectivity index (χ3v) is 2.19. The lowest BCUT2D eigenvalue weighted by atomic mass is 10.2. The number of hydrogen-bond acceptors (Lipinski definition) is 2.